The summed E-state index contributed by atoms with van der Waals surface area (Å²) < 4.78 is 22.8. The fraction of sp³-hybridized carbons (Fsp3) is 0.333. The molecule has 1 aliphatic rings. The number of benzene rings is 1. The Labute approximate surface area is 143 Å². The van der Waals surface area contributed by atoms with Gasteiger partial charge in [0.2, 0.25) is 5.91 Å². The molecule has 0 bridgehead atoms. The first-order valence-electron chi connectivity index (χ1n) is 7.12. The zero-order valence-corrected chi connectivity index (χ0v) is 14.5. The third-order valence-corrected chi connectivity index (χ3v) is 6.62. The Morgan fingerprint density at radius 2 is 2.17 bits per heavy atom. The first-order chi connectivity index (χ1) is 10.9. The van der Waals surface area contributed by atoms with E-state index in [0.29, 0.717) is 17.1 Å². The summed E-state index contributed by atoms with van der Waals surface area (Å²) in [5.41, 5.74) is 1.50. The average molecular weight is 371 g/mol. The number of nitrogens with one attached hydrogen (secondary N) is 1. The van der Waals surface area contributed by atoms with Crippen LogP contribution in [0.25, 0.3) is 10.6 Å². The molecule has 122 valence electrons. The number of nitrogens with zero attached hydrogens (tertiary/aromatic N) is 1. The van der Waals surface area contributed by atoms with Crippen LogP contribution in [0.3, 0.4) is 0 Å². The van der Waals surface area contributed by atoms with E-state index in [1.807, 2.05) is 23.6 Å². The second-order valence-electron chi connectivity index (χ2n) is 5.47. The predicted molar refractivity (Wildman–Crippen MR) is 91.5 cm³/mol. The number of rotatable bonds is 4. The number of thiazole rings is 1. The van der Waals surface area contributed by atoms with Gasteiger partial charge < -0.3 is 5.32 Å². The number of hydrogen-bond acceptors (Lipinski definition) is 5. The van der Waals surface area contributed by atoms with Crippen LogP contribution in [-0.4, -0.2) is 36.9 Å². The van der Waals surface area contributed by atoms with Gasteiger partial charge in [-0.1, -0.05) is 29.8 Å². The lowest BCUT2D eigenvalue weighted by atomic mass is 10.2. The third-order valence-electron chi connectivity index (χ3n) is 3.60. The van der Waals surface area contributed by atoms with E-state index in [4.69, 9.17) is 11.6 Å². The average Bonchev–Trinajstić information content (AvgIpc) is 3.06. The Kier molecular flexibility index (Phi) is 4.70. The lowest BCUT2D eigenvalue weighted by molar-refractivity contribution is -0.121. The van der Waals surface area contributed by atoms with Gasteiger partial charge in [-0.25, -0.2) is 13.4 Å². The molecule has 2 aromatic rings. The first kappa shape index (κ1) is 16.4. The molecular formula is C15H15ClN2O3S2. The highest BCUT2D eigenvalue weighted by atomic mass is 35.5. The van der Waals surface area contributed by atoms with E-state index >= 15 is 0 Å². The summed E-state index contributed by atoms with van der Waals surface area (Å²) in [6, 6.07) is 7.13. The topological polar surface area (TPSA) is 76.1 Å². The smallest absolute Gasteiger partial charge is 0.226 e. The van der Waals surface area contributed by atoms with Crippen molar-refractivity contribution in [2.24, 2.45) is 0 Å². The van der Waals surface area contributed by atoms with Crippen LogP contribution in [0.5, 0.6) is 0 Å². The summed E-state index contributed by atoms with van der Waals surface area (Å²) >= 11 is 7.57. The fourth-order valence-corrected chi connectivity index (χ4v) is 5.31. The summed E-state index contributed by atoms with van der Waals surface area (Å²) in [6.07, 6.45) is 0.619. The molecule has 8 heteroatoms. The van der Waals surface area contributed by atoms with Crippen molar-refractivity contribution >= 4 is 38.7 Å². The van der Waals surface area contributed by atoms with Crippen molar-refractivity contribution in [3.05, 3.63) is 40.4 Å². The zero-order valence-electron chi connectivity index (χ0n) is 12.2. The predicted octanol–water partition coefficient (Wildman–Crippen LogP) is 2.31. The molecule has 0 saturated carbocycles. The van der Waals surface area contributed by atoms with E-state index in [2.05, 4.69) is 10.3 Å². The molecule has 1 saturated heterocycles. The monoisotopic (exact) mass is 370 g/mol. The highest BCUT2D eigenvalue weighted by Gasteiger charge is 2.28. The van der Waals surface area contributed by atoms with Gasteiger partial charge in [-0.05, 0) is 12.5 Å². The summed E-state index contributed by atoms with van der Waals surface area (Å²) in [7, 11) is -2.99. The lowest BCUT2D eigenvalue weighted by Gasteiger charge is -2.09. The molecule has 2 heterocycles. The quantitative estimate of drug-likeness (QED) is 0.896. The van der Waals surface area contributed by atoms with Gasteiger partial charge in [-0.3, -0.25) is 4.79 Å². The highest BCUT2D eigenvalue weighted by Crippen LogP contribution is 2.30. The number of aromatic nitrogens is 1. The second kappa shape index (κ2) is 6.59. The largest absolute Gasteiger partial charge is 0.352 e. The minimum atomic E-state index is -2.99. The molecule has 1 atom stereocenters. The van der Waals surface area contributed by atoms with Crippen molar-refractivity contribution in [2.75, 3.05) is 11.5 Å². The van der Waals surface area contributed by atoms with Crippen molar-refractivity contribution in [3.8, 4) is 10.6 Å². The maximum Gasteiger partial charge on any atom is 0.226 e. The molecule has 1 amide bonds. The molecular weight excluding hydrogens is 356 g/mol. The molecule has 0 spiro atoms. The molecule has 1 aromatic carbocycles. The molecule has 1 aromatic heterocycles. The Bertz CT molecular complexity index is 833. The van der Waals surface area contributed by atoms with Crippen LogP contribution in [0, 0.1) is 0 Å². The maximum atomic E-state index is 12.0. The Morgan fingerprint density at radius 3 is 2.87 bits per heavy atom. The van der Waals surface area contributed by atoms with Crippen molar-refractivity contribution in [3.63, 3.8) is 0 Å². The van der Waals surface area contributed by atoms with Crippen LogP contribution in [0.15, 0.2) is 29.6 Å². The van der Waals surface area contributed by atoms with E-state index in [1.165, 1.54) is 11.3 Å². The summed E-state index contributed by atoms with van der Waals surface area (Å²) in [5, 5.41) is 5.97. The molecule has 5 nitrogen and oxygen atoms in total. The Morgan fingerprint density at radius 1 is 1.39 bits per heavy atom. The van der Waals surface area contributed by atoms with Gasteiger partial charge in [0.15, 0.2) is 9.84 Å². The molecule has 0 unspecified atom stereocenters. The van der Waals surface area contributed by atoms with Crippen LogP contribution in [-0.2, 0) is 21.1 Å². The van der Waals surface area contributed by atoms with Crippen LogP contribution in [0.1, 0.15) is 12.1 Å². The molecule has 1 fully saturated rings. The van der Waals surface area contributed by atoms with Gasteiger partial charge in [-0.2, -0.15) is 0 Å². The summed E-state index contributed by atoms with van der Waals surface area (Å²) in [4.78, 5) is 16.5. The van der Waals surface area contributed by atoms with E-state index in [0.717, 1.165) is 10.6 Å². The van der Waals surface area contributed by atoms with Crippen LogP contribution in [0.4, 0.5) is 0 Å². The van der Waals surface area contributed by atoms with Gasteiger partial charge in [0.05, 0.1) is 28.6 Å². The van der Waals surface area contributed by atoms with Crippen molar-refractivity contribution in [1.82, 2.24) is 10.3 Å². The fourth-order valence-electron chi connectivity index (χ4n) is 2.50. The van der Waals surface area contributed by atoms with Gasteiger partial charge >= 0.3 is 0 Å². The van der Waals surface area contributed by atoms with E-state index in [-0.39, 0.29) is 29.9 Å². The normalized spacial score (nSPS) is 19.6. The number of hydrogen-bond donors (Lipinski definition) is 1. The Hall–Kier alpha value is -1.44. The van der Waals surface area contributed by atoms with Gasteiger partial charge in [0, 0.05) is 17.0 Å². The van der Waals surface area contributed by atoms with Gasteiger partial charge in [0.1, 0.15) is 5.01 Å². The van der Waals surface area contributed by atoms with Crippen molar-refractivity contribution in [1.29, 1.82) is 0 Å². The van der Waals surface area contributed by atoms with Crippen LogP contribution in [0.2, 0.25) is 5.02 Å². The van der Waals surface area contributed by atoms with E-state index in [9.17, 15) is 13.2 Å². The molecule has 1 aliphatic heterocycles. The zero-order chi connectivity index (χ0) is 16.4. The maximum absolute atomic E-state index is 12.0. The number of carbonyl (C=O) groups is 1. The van der Waals surface area contributed by atoms with Gasteiger partial charge in [-0.15, -0.1) is 11.3 Å². The minimum Gasteiger partial charge on any atom is -0.352 e. The third kappa shape index (κ3) is 4.10. The van der Waals surface area contributed by atoms with Crippen LogP contribution >= 0.6 is 22.9 Å². The minimum absolute atomic E-state index is 0.0285. The molecule has 0 radical (unpaired) electrons. The number of amides is 1. The lowest BCUT2D eigenvalue weighted by Crippen LogP contribution is -2.36. The Balaban J connectivity index is 1.63. The van der Waals surface area contributed by atoms with Crippen LogP contribution < -0.4 is 5.32 Å². The van der Waals surface area contributed by atoms with E-state index < -0.39 is 9.84 Å². The standard InChI is InChI=1S/C15H15ClN2O3S2/c16-13-4-2-1-3-12(13)15-18-11(8-22-15)7-14(19)17-10-5-6-23(20,21)9-10/h1-4,8,10H,5-7,9H2,(H,17,19)/t10-/m1/s1. The highest BCUT2D eigenvalue weighted by molar-refractivity contribution is 7.91. The first-order valence-corrected chi connectivity index (χ1v) is 10.2. The summed E-state index contributed by atoms with van der Waals surface area (Å²) in [6.45, 7) is 0. The van der Waals surface area contributed by atoms with Crippen molar-refractivity contribution in [2.45, 2.75) is 18.9 Å². The van der Waals surface area contributed by atoms with Gasteiger partial charge in [0.25, 0.3) is 0 Å². The SMILES string of the molecule is O=C(Cc1csc(-c2ccccc2Cl)n1)N[C@@H]1CCS(=O)(=O)C1. The second-order valence-corrected chi connectivity index (χ2v) is 8.96. The van der Waals surface area contributed by atoms with E-state index in [1.54, 1.807) is 6.07 Å². The molecule has 3 rings (SSSR count). The number of halogens is 1. The number of carbonyl (C=O) groups excluding carboxylic acids is 1. The van der Waals surface area contributed by atoms with Crippen molar-refractivity contribution < 1.29 is 13.2 Å². The number of sulfone groups is 1. The molecule has 23 heavy (non-hydrogen) atoms. The molecule has 1 N–H and O–H groups in total. The summed E-state index contributed by atoms with van der Waals surface area (Å²) in [5.74, 6) is -0.0329. The molecule has 0 aliphatic carbocycles.